The first-order valence-corrected chi connectivity index (χ1v) is 9.48. The zero-order valence-corrected chi connectivity index (χ0v) is 17.1. The number of hydrogen-bond donors (Lipinski definition) is 2. The Kier molecular flexibility index (Phi) is 6.05. The van der Waals surface area contributed by atoms with Crippen LogP contribution in [0.1, 0.15) is 23.7 Å². The van der Waals surface area contributed by atoms with E-state index in [0.29, 0.717) is 5.02 Å². The van der Waals surface area contributed by atoms with Gasteiger partial charge < -0.3 is 9.80 Å². The molecular formula is C19H16Cl2F3N5O. The number of rotatable bonds is 3. The minimum atomic E-state index is -4.62. The van der Waals surface area contributed by atoms with Crippen molar-refractivity contribution in [1.82, 2.24) is 14.8 Å². The molecular weight excluding hydrogens is 442 g/mol. The second-order valence-electron chi connectivity index (χ2n) is 6.73. The fourth-order valence-electron chi connectivity index (χ4n) is 3.09. The van der Waals surface area contributed by atoms with E-state index in [-0.39, 0.29) is 30.2 Å². The maximum Gasteiger partial charge on any atom is 0.417 e. The third kappa shape index (κ3) is 4.27. The summed E-state index contributed by atoms with van der Waals surface area (Å²) in [6, 6.07) is 6.05. The van der Waals surface area contributed by atoms with E-state index in [1.807, 2.05) is 0 Å². The summed E-state index contributed by atoms with van der Waals surface area (Å²) in [5.74, 6) is -1.34. The summed E-state index contributed by atoms with van der Waals surface area (Å²) < 4.78 is 39.3. The van der Waals surface area contributed by atoms with Crippen molar-refractivity contribution in [3.05, 3.63) is 63.4 Å². The number of nitrogens with zero attached hydrogens (tertiary/aromatic N) is 3. The van der Waals surface area contributed by atoms with Gasteiger partial charge in [0.2, 0.25) is 0 Å². The molecule has 0 bridgehead atoms. The number of carbonyl (C=O) groups is 1. The number of aromatic nitrogens is 1. The molecule has 1 aromatic carbocycles. The van der Waals surface area contributed by atoms with E-state index in [4.69, 9.17) is 34.0 Å². The van der Waals surface area contributed by atoms with Crippen molar-refractivity contribution in [3.8, 4) is 0 Å². The van der Waals surface area contributed by atoms with Gasteiger partial charge in [-0.2, -0.15) is 13.2 Å². The third-order valence-corrected chi connectivity index (χ3v) is 5.35. The summed E-state index contributed by atoms with van der Waals surface area (Å²) in [5.41, 5.74) is -0.619. The number of carbonyl (C=O) groups excluding carboxylic acids is 1. The molecule has 1 fully saturated rings. The van der Waals surface area contributed by atoms with Gasteiger partial charge in [-0.1, -0.05) is 35.3 Å². The maximum atomic E-state index is 13.1. The van der Waals surface area contributed by atoms with Crippen LogP contribution in [0.2, 0.25) is 10.0 Å². The Morgan fingerprint density at radius 1 is 1.27 bits per heavy atom. The molecule has 0 saturated carbocycles. The van der Waals surface area contributed by atoms with Gasteiger partial charge in [0.15, 0.2) is 11.7 Å². The first-order valence-electron chi connectivity index (χ1n) is 8.72. The van der Waals surface area contributed by atoms with E-state index in [9.17, 15) is 18.0 Å². The predicted molar refractivity (Wildman–Crippen MR) is 107 cm³/mol. The maximum absolute atomic E-state index is 13.1. The second-order valence-corrected chi connectivity index (χ2v) is 7.54. The molecule has 1 amide bonds. The summed E-state index contributed by atoms with van der Waals surface area (Å²) in [6.07, 6.45) is -3.26. The molecule has 30 heavy (non-hydrogen) atoms. The fraction of sp³-hybridized carbons (Fsp3) is 0.263. The second kappa shape index (κ2) is 8.23. The van der Waals surface area contributed by atoms with Crippen molar-refractivity contribution in [2.45, 2.75) is 25.7 Å². The van der Waals surface area contributed by atoms with E-state index in [2.05, 4.69) is 4.98 Å². The Morgan fingerprint density at radius 2 is 1.97 bits per heavy atom. The quantitative estimate of drug-likeness (QED) is 0.527. The lowest BCUT2D eigenvalue weighted by molar-refractivity contribution is -0.137. The zero-order chi connectivity index (χ0) is 22.2. The Bertz CT molecular complexity index is 1010. The molecule has 1 atom stereocenters. The summed E-state index contributed by atoms with van der Waals surface area (Å²) in [6.45, 7) is 1.59. The number of hydrogen-bond acceptors (Lipinski definition) is 4. The SMILES string of the molecule is CC1CN(C(=N)c2ccc(Cl)cn2)C(=N)C(=O)N1Cc1cccc(C(F)(F)F)c1Cl. The van der Waals surface area contributed by atoms with Crippen LogP contribution in [0, 0.1) is 10.8 Å². The number of benzene rings is 1. The number of amidine groups is 2. The Labute approximate surface area is 180 Å². The molecule has 11 heteroatoms. The van der Waals surface area contributed by atoms with Crippen LogP contribution in [0.25, 0.3) is 0 Å². The summed E-state index contributed by atoms with van der Waals surface area (Å²) in [7, 11) is 0. The molecule has 1 aliphatic heterocycles. The van der Waals surface area contributed by atoms with Gasteiger partial charge in [0.05, 0.1) is 15.6 Å². The molecule has 0 spiro atoms. The lowest BCUT2D eigenvalue weighted by Gasteiger charge is -2.40. The van der Waals surface area contributed by atoms with Gasteiger partial charge in [0.1, 0.15) is 5.69 Å². The third-order valence-electron chi connectivity index (χ3n) is 4.68. The van der Waals surface area contributed by atoms with Crippen LogP contribution in [-0.4, -0.2) is 44.9 Å². The average Bonchev–Trinajstić information content (AvgIpc) is 2.68. The molecule has 2 N–H and O–H groups in total. The van der Waals surface area contributed by atoms with Crippen molar-refractivity contribution in [2.75, 3.05) is 6.54 Å². The molecule has 2 heterocycles. The Morgan fingerprint density at radius 3 is 2.57 bits per heavy atom. The van der Waals surface area contributed by atoms with Gasteiger partial charge in [-0.25, -0.2) is 0 Å². The average molecular weight is 458 g/mol. The molecule has 1 aromatic heterocycles. The van der Waals surface area contributed by atoms with Crippen molar-refractivity contribution in [2.24, 2.45) is 0 Å². The van der Waals surface area contributed by atoms with Crippen molar-refractivity contribution >= 4 is 40.8 Å². The van der Waals surface area contributed by atoms with E-state index in [1.54, 1.807) is 13.0 Å². The topological polar surface area (TPSA) is 84.1 Å². The molecule has 6 nitrogen and oxygen atoms in total. The van der Waals surface area contributed by atoms with Crippen LogP contribution in [-0.2, 0) is 17.5 Å². The number of halogens is 5. The Balaban J connectivity index is 1.83. The molecule has 1 saturated heterocycles. The molecule has 0 aliphatic carbocycles. The lowest BCUT2D eigenvalue weighted by atomic mass is 10.1. The normalized spacial score (nSPS) is 17.5. The van der Waals surface area contributed by atoms with E-state index in [0.717, 1.165) is 6.07 Å². The first kappa shape index (κ1) is 22.0. The van der Waals surface area contributed by atoms with E-state index in [1.165, 1.54) is 34.2 Å². The number of amides is 1. The number of pyridine rings is 1. The highest BCUT2D eigenvalue weighted by molar-refractivity contribution is 6.40. The number of piperazine rings is 1. The molecule has 1 aliphatic rings. The van der Waals surface area contributed by atoms with E-state index < -0.39 is 34.5 Å². The van der Waals surface area contributed by atoms with Crippen LogP contribution >= 0.6 is 23.2 Å². The van der Waals surface area contributed by atoms with Crippen molar-refractivity contribution < 1.29 is 18.0 Å². The highest BCUT2D eigenvalue weighted by Gasteiger charge is 2.38. The smallest absolute Gasteiger partial charge is 0.327 e. The minimum absolute atomic E-state index is 0.101. The molecule has 2 aromatic rings. The van der Waals surface area contributed by atoms with Gasteiger partial charge >= 0.3 is 6.18 Å². The van der Waals surface area contributed by atoms with Crippen molar-refractivity contribution in [1.29, 1.82) is 10.8 Å². The molecule has 158 valence electrons. The van der Waals surface area contributed by atoms with Crippen LogP contribution < -0.4 is 0 Å². The van der Waals surface area contributed by atoms with Gasteiger partial charge in [0.25, 0.3) is 5.91 Å². The highest BCUT2D eigenvalue weighted by atomic mass is 35.5. The van der Waals surface area contributed by atoms with Gasteiger partial charge in [-0.05, 0) is 30.7 Å². The summed E-state index contributed by atoms with van der Waals surface area (Å²) in [5, 5.41) is 16.4. The number of alkyl halides is 3. The van der Waals surface area contributed by atoms with Gasteiger partial charge in [0, 0.05) is 25.3 Å². The van der Waals surface area contributed by atoms with E-state index >= 15 is 0 Å². The fourth-order valence-corrected chi connectivity index (χ4v) is 3.50. The van der Waals surface area contributed by atoms with Crippen molar-refractivity contribution in [3.63, 3.8) is 0 Å². The number of nitrogens with one attached hydrogen (secondary N) is 2. The highest BCUT2D eigenvalue weighted by Crippen LogP contribution is 2.36. The Hall–Kier alpha value is -2.65. The van der Waals surface area contributed by atoms with Gasteiger partial charge in [-0.15, -0.1) is 0 Å². The largest absolute Gasteiger partial charge is 0.417 e. The molecule has 3 rings (SSSR count). The zero-order valence-electron chi connectivity index (χ0n) is 15.6. The van der Waals surface area contributed by atoms with Crippen LogP contribution in [0.5, 0.6) is 0 Å². The summed E-state index contributed by atoms with van der Waals surface area (Å²) >= 11 is 11.7. The molecule has 1 unspecified atom stereocenters. The molecule has 0 radical (unpaired) electrons. The monoisotopic (exact) mass is 457 g/mol. The predicted octanol–water partition coefficient (Wildman–Crippen LogP) is 4.44. The minimum Gasteiger partial charge on any atom is -0.327 e. The van der Waals surface area contributed by atoms with Crippen LogP contribution in [0.3, 0.4) is 0 Å². The first-order chi connectivity index (χ1) is 14.0. The summed E-state index contributed by atoms with van der Waals surface area (Å²) in [4.78, 5) is 19.3. The van der Waals surface area contributed by atoms with Crippen LogP contribution in [0.4, 0.5) is 13.2 Å². The van der Waals surface area contributed by atoms with Gasteiger partial charge in [-0.3, -0.25) is 20.6 Å². The standard InChI is InChI=1S/C19H16Cl2F3N5O/c1-10-8-29(16(25)14-6-5-12(20)7-27-14)17(26)18(30)28(10)9-11-3-2-4-13(15(11)21)19(22,23)24/h2-7,10,25-26H,8-9H2,1H3. The van der Waals surface area contributed by atoms with Crippen LogP contribution in [0.15, 0.2) is 36.5 Å². The lowest BCUT2D eigenvalue weighted by Crippen LogP contribution is -2.59.